The average Bonchev–Trinajstić information content (AvgIpc) is 2.87. The van der Waals surface area contributed by atoms with Gasteiger partial charge in [-0.2, -0.15) is 13.2 Å². The van der Waals surface area contributed by atoms with Crippen molar-refractivity contribution in [2.24, 2.45) is 0 Å². The first-order chi connectivity index (χ1) is 17.6. The van der Waals surface area contributed by atoms with Gasteiger partial charge in [0.1, 0.15) is 5.82 Å². The van der Waals surface area contributed by atoms with E-state index in [-0.39, 0.29) is 0 Å². The lowest BCUT2D eigenvalue weighted by molar-refractivity contribution is -0.137. The Balaban J connectivity index is 2.03. The number of rotatable bonds is 11. The molecular weight excluding hydrogens is 473 g/mol. The molecule has 4 nitrogen and oxygen atoms in total. The van der Waals surface area contributed by atoms with E-state index in [4.69, 9.17) is 10.7 Å². The summed E-state index contributed by atoms with van der Waals surface area (Å²) in [6, 6.07) is 12.9. The fourth-order valence-corrected chi connectivity index (χ4v) is 4.45. The van der Waals surface area contributed by atoms with Gasteiger partial charge in [0, 0.05) is 17.8 Å². The fraction of sp³-hybridized carbons (Fsp3) is 0.367. The third-order valence-corrected chi connectivity index (χ3v) is 6.43. The van der Waals surface area contributed by atoms with Crippen LogP contribution in [-0.4, -0.2) is 11.5 Å². The van der Waals surface area contributed by atoms with Crippen molar-refractivity contribution in [2.45, 2.75) is 66.0 Å². The second kappa shape index (κ2) is 12.2. The van der Waals surface area contributed by atoms with Crippen molar-refractivity contribution in [1.29, 1.82) is 0 Å². The minimum absolute atomic E-state index is 0.378. The zero-order valence-electron chi connectivity index (χ0n) is 22.2. The summed E-state index contributed by atoms with van der Waals surface area (Å²) in [5, 5.41) is 3.54. The molecule has 0 fully saturated rings. The van der Waals surface area contributed by atoms with Gasteiger partial charge in [0.2, 0.25) is 0 Å². The topological polar surface area (TPSA) is 54.2 Å². The highest BCUT2D eigenvalue weighted by molar-refractivity contribution is 5.73. The zero-order valence-corrected chi connectivity index (χ0v) is 22.2. The molecule has 0 saturated heterocycles. The van der Waals surface area contributed by atoms with Gasteiger partial charge in [-0.3, -0.25) is 0 Å². The summed E-state index contributed by atoms with van der Waals surface area (Å²) in [4.78, 5) is 6.68. The first-order valence-corrected chi connectivity index (χ1v) is 12.9. The third-order valence-electron chi connectivity index (χ3n) is 6.43. The van der Waals surface area contributed by atoms with Gasteiger partial charge in [0.15, 0.2) is 5.82 Å². The molecule has 1 heterocycles. The summed E-state index contributed by atoms with van der Waals surface area (Å²) < 4.78 is 40.0. The Labute approximate surface area is 218 Å². The van der Waals surface area contributed by atoms with Crippen molar-refractivity contribution in [3.63, 3.8) is 0 Å². The van der Waals surface area contributed by atoms with Crippen LogP contribution in [0.4, 0.5) is 30.4 Å². The second-order valence-corrected chi connectivity index (χ2v) is 9.28. The van der Waals surface area contributed by atoms with Gasteiger partial charge in [-0.05, 0) is 61.6 Å². The van der Waals surface area contributed by atoms with Crippen LogP contribution in [0, 0.1) is 6.92 Å². The van der Waals surface area contributed by atoms with Gasteiger partial charge in [0.05, 0.1) is 16.9 Å². The molecule has 3 rings (SSSR count). The molecule has 0 radical (unpaired) electrons. The molecule has 0 aliphatic carbocycles. The summed E-state index contributed by atoms with van der Waals surface area (Å²) in [7, 11) is 0. The summed E-state index contributed by atoms with van der Waals surface area (Å²) in [6.45, 7) is 13.4. The number of hydrogen-bond donors (Lipinski definition) is 2. The van der Waals surface area contributed by atoms with Gasteiger partial charge >= 0.3 is 6.18 Å². The van der Waals surface area contributed by atoms with Gasteiger partial charge in [0.25, 0.3) is 0 Å². The highest BCUT2D eigenvalue weighted by Crippen LogP contribution is 2.34. The molecule has 2 aromatic carbocycles. The van der Waals surface area contributed by atoms with E-state index in [0.717, 1.165) is 49.9 Å². The van der Waals surface area contributed by atoms with Crippen LogP contribution in [0.3, 0.4) is 0 Å². The maximum absolute atomic E-state index is 13.3. The number of halogens is 3. The predicted molar refractivity (Wildman–Crippen MR) is 149 cm³/mol. The number of alkyl halides is 3. The predicted octanol–water partition coefficient (Wildman–Crippen LogP) is 8.36. The molecule has 0 aliphatic heterocycles. The van der Waals surface area contributed by atoms with Gasteiger partial charge in [-0.15, -0.1) is 0 Å². The van der Waals surface area contributed by atoms with Crippen molar-refractivity contribution in [2.75, 3.05) is 22.5 Å². The molecule has 3 aromatic rings. The van der Waals surface area contributed by atoms with E-state index in [1.165, 1.54) is 22.8 Å². The number of nitrogen functional groups attached to an aromatic ring is 1. The minimum Gasteiger partial charge on any atom is -0.396 e. The highest BCUT2D eigenvalue weighted by atomic mass is 19.4. The smallest absolute Gasteiger partial charge is 0.396 e. The number of unbranched alkanes of at least 4 members (excludes halogenated alkanes) is 2. The Morgan fingerprint density at radius 1 is 1.00 bits per heavy atom. The number of nitrogens with two attached hydrogens (primary N) is 1. The zero-order chi connectivity index (χ0) is 27.2. The first-order valence-electron chi connectivity index (χ1n) is 12.9. The molecule has 198 valence electrons. The number of benzene rings is 2. The molecule has 0 atom stereocenters. The maximum Gasteiger partial charge on any atom is 0.416 e. The van der Waals surface area contributed by atoms with Crippen molar-refractivity contribution in [1.82, 2.24) is 4.98 Å². The molecular formula is C30H37F3N4. The molecule has 0 spiro atoms. The van der Waals surface area contributed by atoms with Crippen molar-refractivity contribution in [3.05, 3.63) is 83.2 Å². The monoisotopic (exact) mass is 510 g/mol. The number of hydrogen-bond acceptors (Lipinski definition) is 4. The summed E-state index contributed by atoms with van der Waals surface area (Å²) in [5.74, 6) is 1.11. The van der Waals surface area contributed by atoms with Crippen LogP contribution >= 0.6 is 0 Å². The normalized spacial score (nSPS) is 11.4. The van der Waals surface area contributed by atoms with Gasteiger partial charge in [-0.1, -0.05) is 70.0 Å². The molecule has 0 unspecified atom stereocenters. The average molecular weight is 511 g/mol. The Bertz CT molecular complexity index is 1210. The van der Waals surface area contributed by atoms with E-state index in [1.54, 1.807) is 18.2 Å². The molecule has 0 bridgehead atoms. The number of aryl methyl sites for hydroxylation is 3. The number of nitrogens with one attached hydrogen (secondary N) is 1. The molecule has 37 heavy (non-hydrogen) atoms. The van der Waals surface area contributed by atoms with Gasteiger partial charge in [-0.25, -0.2) is 4.98 Å². The maximum atomic E-state index is 13.3. The Hall–Kier alpha value is -3.48. The lowest BCUT2D eigenvalue weighted by Gasteiger charge is -2.29. The quantitative estimate of drug-likeness (QED) is 0.255. The standard InChI is InChI=1S/C30H37F3N4/c1-6-9-10-16-37(21(5)35-28-22(7-2)17-20(4)18-23(28)8-3)29-26(34)14-15-27(36-29)24-12-11-13-25(19-24)30(31,32)33/h11-15,17-19,35H,5-10,16,34H2,1-4H3. The molecule has 7 heteroatoms. The van der Waals surface area contributed by atoms with Crippen LogP contribution in [0.5, 0.6) is 0 Å². The number of pyridine rings is 1. The lowest BCUT2D eigenvalue weighted by atomic mass is 9.99. The van der Waals surface area contributed by atoms with E-state index < -0.39 is 11.7 Å². The summed E-state index contributed by atoms with van der Waals surface area (Å²) >= 11 is 0. The van der Waals surface area contributed by atoms with E-state index in [9.17, 15) is 13.2 Å². The molecule has 0 amide bonds. The number of aromatic nitrogens is 1. The van der Waals surface area contributed by atoms with Crippen molar-refractivity contribution in [3.8, 4) is 11.3 Å². The first kappa shape index (κ1) is 28.1. The van der Waals surface area contributed by atoms with E-state index in [1.807, 2.05) is 4.90 Å². The second-order valence-electron chi connectivity index (χ2n) is 9.28. The van der Waals surface area contributed by atoms with E-state index in [0.29, 0.717) is 35.1 Å². The van der Waals surface area contributed by atoms with Crippen LogP contribution in [-0.2, 0) is 19.0 Å². The van der Waals surface area contributed by atoms with Crippen molar-refractivity contribution >= 4 is 17.2 Å². The largest absolute Gasteiger partial charge is 0.416 e. The number of anilines is 3. The van der Waals surface area contributed by atoms with Crippen LogP contribution in [0.2, 0.25) is 0 Å². The summed E-state index contributed by atoms with van der Waals surface area (Å²) in [5.41, 5.74) is 11.5. The van der Waals surface area contributed by atoms with Crippen LogP contribution in [0.25, 0.3) is 11.3 Å². The highest BCUT2D eigenvalue weighted by Gasteiger charge is 2.30. The van der Waals surface area contributed by atoms with Crippen molar-refractivity contribution < 1.29 is 13.2 Å². The van der Waals surface area contributed by atoms with Crippen LogP contribution < -0.4 is 16.0 Å². The SMILES string of the molecule is C=C(Nc1c(CC)cc(C)cc1CC)N(CCCCC)c1nc(-c2cccc(C(F)(F)F)c2)ccc1N. The Morgan fingerprint density at radius 2 is 1.68 bits per heavy atom. The molecule has 1 aromatic heterocycles. The molecule has 0 aliphatic rings. The lowest BCUT2D eigenvalue weighted by Crippen LogP contribution is -2.30. The Kier molecular flexibility index (Phi) is 9.24. The van der Waals surface area contributed by atoms with Crippen LogP contribution in [0.1, 0.15) is 62.3 Å². The fourth-order valence-electron chi connectivity index (χ4n) is 4.45. The van der Waals surface area contributed by atoms with E-state index in [2.05, 4.69) is 51.7 Å². The van der Waals surface area contributed by atoms with E-state index >= 15 is 0 Å². The van der Waals surface area contributed by atoms with Gasteiger partial charge < -0.3 is 16.0 Å². The third kappa shape index (κ3) is 6.85. The van der Waals surface area contributed by atoms with Crippen LogP contribution in [0.15, 0.2) is 60.9 Å². The minimum atomic E-state index is -4.43. The summed E-state index contributed by atoms with van der Waals surface area (Å²) in [6.07, 6.45) is 0.248. The Morgan fingerprint density at radius 3 is 2.27 bits per heavy atom. The number of nitrogens with zero attached hydrogens (tertiary/aromatic N) is 2. The molecule has 3 N–H and O–H groups in total. The molecule has 0 saturated carbocycles.